The monoisotopic (exact) mass is 166 g/mol. The molecular weight excluding hydrogens is 154 g/mol. The molecule has 0 fully saturated rings. The Labute approximate surface area is 63.9 Å². The predicted octanol–water partition coefficient (Wildman–Crippen LogP) is -0.243. The molecule has 3 N–H and O–H groups in total. The molecule has 0 aliphatic rings. The lowest BCUT2D eigenvalue weighted by Gasteiger charge is -2.12. The molecule has 0 aromatic rings. The van der Waals surface area contributed by atoms with Crippen LogP contribution in [0.2, 0.25) is 0 Å². The van der Waals surface area contributed by atoms with E-state index in [1.54, 1.807) is 0 Å². The molecule has 0 saturated carbocycles. The first-order valence-electron chi connectivity index (χ1n) is 3.29. The zero-order chi connectivity index (χ0) is 8.85. The first-order valence-corrected chi connectivity index (χ1v) is 3.29. The largest absolute Gasteiger partial charge is 0.347 e. The summed E-state index contributed by atoms with van der Waals surface area (Å²) in [5.41, 5.74) is 5.14. The summed E-state index contributed by atoms with van der Waals surface area (Å²) < 4.78 is 23.6. The van der Waals surface area contributed by atoms with Crippen LogP contribution in [-0.4, -0.2) is 31.3 Å². The van der Waals surface area contributed by atoms with Gasteiger partial charge >= 0.3 is 0 Å². The summed E-state index contributed by atoms with van der Waals surface area (Å²) in [5, 5.41) is 2.10. The van der Waals surface area contributed by atoms with Crippen LogP contribution in [0.25, 0.3) is 0 Å². The van der Waals surface area contributed by atoms with Crippen molar-refractivity contribution in [2.45, 2.75) is 19.0 Å². The Kier molecular flexibility index (Phi) is 4.69. The van der Waals surface area contributed by atoms with E-state index in [9.17, 15) is 13.6 Å². The molecule has 1 amide bonds. The van der Waals surface area contributed by atoms with Crippen molar-refractivity contribution >= 4 is 5.91 Å². The van der Waals surface area contributed by atoms with E-state index in [-0.39, 0.29) is 0 Å². The molecule has 0 radical (unpaired) electrons. The lowest BCUT2D eigenvalue weighted by molar-refractivity contribution is -0.122. The van der Waals surface area contributed by atoms with Crippen LogP contribution in [0.15, 0.2) is 0 Å². The minimum absolute atomic E-state index is 0.537. The fourth-order valence-electron chi connectivity index (χ4n) is 0.451. The van der Waals surface area contributed by atoms with Gasteiger partial charge in [-0.3, -0.25) is 4.79 Å². The van der Waals surface area contributed by atoms with Gasteiger partial charge in [-0.25, -0.2) is 8.78 Å². The third-order valence-electron chi connectivity index (χ3n) is 1.13. The molecule has 0 aliphatic heterocycles. The highest BCUT2D eigenvalue weighted by Crippen LogP contribution is 1.87. The predicted molar refractivity (Wildman–Crippen MR) is 37.5 cm³/mol. The molecule has 0 aromatic carbocycles. The molecule has 3 nitrogen and oxygen atoms in total. The molecule has 0 heterocycles. The van der Waals surface area contributed by atoms with Gasteiger partial charge in [0.15, 0.2) is 0 Å². The first kappa shape index (κ1) is 10.3. The van der Waals surface area contributed by atoms with Crippen LogP contribution in [0.5, 0.6) is 0 Å². The van der Waals surface area contributed by atoms with Crippen LogP contribution in [0.4, 0.5) is 8.78 Å². The van der Waals surface area contributed by atoms with Crippen molar-refractivity contribution in [1.29, 1.82) is 0 Å². The van der Waals surface area contributed by atoms with Crippen molar-refractivity contribution in [2.75, 3.05) is 13.3 Å². The van der Waals surface area contributed by atoms with Crippen molar-refractivity contribution in [3.8, 4) is 0 Å². The number of rotatable bonds is 4. The van der Waals surface area contributed by atoms with Gasteiger partial charge < -0.3 is 11.1 Å². The standard InChI is InChI=1S/C6H12F2N2O/c1-4(9)6(11)10-5(2-7)3-8/h4-5H,2-3,9H2,1H3,(H,10,11). The van der Waals surface area contributed by atoms with E-state index in [4.69, 9.17) is 5.73 Å². The van der Waals surface area contributed by atoms with E-state index in [1.165, 1.54) is 6.92 Å². The van der Waals surface area contributed by atoms with Crippen LogP contribution in [0.3, 0.4) is 0 Å². The lowest BCUT2D eigenvalue weighted by atomic mass is 10.3. The quantitative estimate of drug-likeness (QED) is 0.605. The van der Waals surface area contributed by atoms with Gasteiger partial charge in [0.25, 0.3) is 0 Å². The number of carbonyl (C=O) groups is 1. The van der Waals surface area contributed by atoms with E-state index in [0.29, 0.717) is 0 Å². The molecule has 0 rings (SSSR count). The topological polar surface area (TPSA) is 55.1 Å². The van der Waals surface area contributed by atoms with Crippen LogP contribution < -0.4 is 11.1 Å². The Hall–Kier alpha value is -0.710. The number of carbonyl (C=O) groups excluding carboxylic acids is 1. The number of alkyl halides is 2. The summed E-state index contributed by atoms with van der Waals surface area (Å²) in [6, 6.07) is -1.77. The van der Waals surface area contributed by atoms with Crippen LogP contribution in [0.1, 0.15) is 6.92 Å². The summed E-state index contributed by atoms with van der Waals surface area (Å²) in [6.45, 7) is -0.368. The molecule has 11 heavy (non-hydrogen) atoms. The van der Waals surface area contributed by atoms with Crippen LogP contribution in [0, 0.1) is 0 Å². The maximum atomic E-state index is 11.8. The third-order valence-corrected chi connectivity index (χ3v) is 1.13. The van der Waals surface area contributed by atoms with Gasteiger partial charge in [-0.1, -0.05) is 0 Å². The van der Waals surface area contributed by atoms with Crippen molar-refractivity contribution < 1.29 is 13.6 Å². The molecule has 1 atom stereocenters. The smallest absolute Gasteiger partial charge is 0.237 e. The van der Waals surface area contributed by atoms with Gasteiger partial charge in [0.05, 0.1) is 12.1 Å². The third kappa shape index (κ3) is 3.87. The lowest BCUT2D eigenvalue weighted by Crippen LogP contribution is -2.45. The van der Waals surface area contributed by atoms with Crippen molar-refractivity contribution in [2.24, 2.45) is 5.73 Å². The molecule has 0 aliphatic carbocycles. The van der Waals surface area contributed by atoms with Crippen LogP contribution in [-0.2, 0) is 4.79 Å². The second-order valence-electron chi connectivity index (χ2n) is 2.30. The summed E-state index contributed by atoms with van der Waals surface area (Å²) in [7, 11) is 0. The molecule has 5 heteroatoms. The minimum atomic E-state index is -1.05. The van der Waals surface area contributed by atoms with Crippen molar-refractivity contribution in [1.82, 2.24) is 5.32 Å². The minimum Gasteiger partial charge on any atom is -0.347 e. The van der Waals surface area contributed by atoms with Gasteiger partial charge in [0, 0.05) is 0 Å². The highest BCUT2D eigenvalue weighted by Gasteiger charge is 2.13. The van der Waals surface area contributed by atoms with Gasteiger partial charge in [-0.2, -0.15) is 0 Å². The van der Waals surface area contributed by atoms with Crippen molar-refractivity contribution in [3.05, 3.63) is 0 Å². The Morgan fingerprint density at radius 1 is 1.55 bits per heavy atom. The zero-order valence-corrected chi connectivity index (χ0v) is 6.31. The van der Waals surface area contributed by atoms with Gasteiger partial charge in [-0.05, 0) is 6.92 Å². The zero-order valence-electron chi connectivity index (χ0n) is 6.31. The molecule has 0 bridgehead atoms. The van der Waals surface area contributed by atoms with E-state index >= 15 is 0 Å². The van der Waals surface area contributed by atoms with E-state index in [2.05, 4.69) is 5.32 Å². The highest BCUT2D eigenvalue weighted by atomic mass is 19.1. The number of hydrogen-bond donors (Lipinski definition) is 2. The number of nitrogens with one attached hydrogen (secondary N) is 1. The van der Waals surface area contributed by atoms with Gasteiger partial charge in [0.1, 0.15) is 13.3 Å². The summed E-state index contributed by atoms with van der Waals surface area (Å²) in [5.74, 6) is -0.537. The maximum absolute atomic E-state index is 11.8. The van der Waals surface area contributed by atoms with Gasteiger partial charge in [-0.15, -0.1) is 0 Å². The summed E-state index contributed by atoms with van der Waals surface area (Å²) in [6.07, 6.45) is 0. The second-order valence-corrected chi connectivity index (χ2v) is 2.30. The molecule has 0 spiro atoms. The maximum Gasteiger partial charge on any atom is 0.237 e. The highest BCUT2D eigenvalue weighted by molar-refractivity contribution is 5.81. The second kappa shape index (κ2) is 5.01. The first-order chi connectivity index (χ1) is 5.11. The molecule has 0 aromatic heterocycles. The number of hydrogen-bond acceptors (Lipinski definition) is 2. The Morgan fingerprint density at radius 2 is 2.00 bits per heavy atom. The molecule has 1 unspecified atom stereocenters. The van der Waals surface area contributed by atoms with E-state index in [1.807, 2.05) is 0 Å². The molecule has 0 saturated heterocycles. The average Bonchev–Trinajstić information content (AvgIpc) is 1.99. The number of halogens is 2. The van der Waals surface area contributed by atoms with E-state index in [0.717, 1.165) is 0 Å². The SMILES string of the molecule is CC(N)C(=O)NC(CF)CF. The normalized spacial score (nSPS) is 13.2. The number of amides is 1. The van der Waals surface area contributed by atoms with E-state index < -0.39 is 31.3 Å². The fraction of sp³-hybridized carbons (Fsp3) is 0.833. The summed E-state index contributed by atoms with van der Waals surface area (Å²) >= 11 is 0. The Bertz CT molecular complexity index is 126. The average molecular weight is 166 g/mol. The fourth-order valence-corrected chi connectivity index (χ4v) is 0.451. The number of nitrogens with two attached hydrogens (primary N) is 1. The Balaban J connectivity index is 3.72. The molecular formula is C6H12F2N2O. The van der Waals surface area contributed by atoms with Gasteiger partial charge in [0.2, 0.25) is 5.91 Å². The van der Waals surface area contributed by atoms with Crippen LogP contribution >= 0.6 is 0 Å². The molecule has 66 valence electrons. The summed E-state index contributed by atoms with van der Waals surface area (Å²) in [4.78, 5) is 10.7. The Morgan fingerprint density at radius 3 is 2.27 bits per heavy atom. The van der Waals surface area contributed by atoms with Crippen molar-refractivity contribution in [3.63, 3.8) is 0 Å².